The molecule has 84 heavy (non-hydrogen) atoms. The number of rotatable bonds is 12. The lowest BCUT2D eigenvalue weighted by atomic mass is 9.85. The molecule has 0 saturated heterocycles. The molecule has 0 heteroatoms. The van der Waals surface area contributed by atoms with Gasteiger partial charge in [-0.25, -0.2) is 0 Å². The summed E-state index contributed by atoms with van der Waals surface area (Å²) in [5.74, 6) is 0. The second-order valence-corrected chi connectivity index (χ2v) is 21.6. The molecule has 0 N–H and O–H groups in total. The molecule has 0 fully saturated rings. The molecule has 0 radical (unpaired) electrons. The van der Waals surface area contributed by atoms with Gasteiger partial charge in [0.2, 0.25) is 0 Å². The highest BCUT2D eigenvalue weighted by molar-refractivity contribution is 6.06. The molecule has 12 aromatic carbocycles. The van der Waals surface area contributed by atoms with E-state index in [1.54, 1.807) is 0 Å². The predicted octanol–water partition coefficient (Wildman–Crippen LogP) is 21.9. The van der Waals surface area contributed by atoms with Crippen LogP contribution in [0.15, 0.2) is 328 Å². The minimum atomic E-state index is 1.23. The van der Waals surface area contributed by atoms with Gasteiger partial charge in [0.05, 0.1) is 0 Å². The fourth-order valence-corrected chi connectivity index (χ4v) is 10.7. The van der Waals surface area contributed by atoms with Crippen LogP contribution in [0.1, 0.15) is 100 Å². The molecule has 0 spiro atoms. The van der Waals surface area contributed by atoms with Crippen LogP contribution in [0.4, 0.5) is 0 Å². The molecule has 0 atom stereocenters. The molecule has 0 aliphatic carbocycles. The number of hydrogen-bond donors (Lipinski definition) is 0. The summed E-state index contributed by atoms with van der Waals surface area (Å²) in [6.45, 7) is 12.8. The lowest BCUT2D eigenvalue weighted by molar-refractivity contribution is 1.43. The van der Waals surface area contributed by atoms with Crippen molar-refractivity contribution in [1.29, 1.82) is 0 Å². The minimum Gasteiger partial charge on any atom is -0.0622 e. The zero-order valence-electron chi connectivity index (χ0n) is 49.2. The quantitative estimate of drug-likeness (QED) is 0.107. The Bertz CT molecular complexity index is 3370. The van der Waals surface area contributed by atoms with Crippen molar-refractivity contribution in [3.63, 3.8) is 0 Å². The average molecular weight is 1080 g/mol. The van der Waals surface area contributed by atoms with Crippen molar-refractivity contribution in [1.82, 2.24) is 0 Å². The van der Waals surface area contributed by atoms with Gasteiger partial charge in [0.25, 0.3) is 0 Å². The van der Waals surface area contributed by atoms with Gasteiger partial charge >= 0.3 is 0 Å². The summed E-state index contributed by atoms with van der Waals surface area (Å²) in [6.07, 6.45) is 0. The molecule has 0 unspecified atom stereocenters. The van der Waals surface area contributed by atoms with Crippen molar-refractivity contribution in [3.05, 3.63) is 428 Å². The summed E-state index contributed by atoms with van der Waals surface area (Å²) in [5.41, 5.74) is 29.9. The van der Waals surface area contributed by atoms with E-state index in [0.29, 0.717) is 0 Å². The molecule has 0 bridgehead atoms. The van der Waals surface area contributed by atoms with Gasteiger partial charge in [-0.15, -0.1) is 0 Å². The van der Waals surface area contributed by atoms with Crippen LogP contribution in [-0.4, -0.2) is 0 Å². The molecule has 0 nitrogen and oxygen atoms in total. The molecule has 0 amide bonds. The van der Waals surface area contributed by atoms with Gasteiger partial charge in [-0.3, -0.25) is 0 Å². The Kier molecular flexibility index (Phi) is 19.1. The number of benzene rings is 12. The molecule has 12 rings (SSSR count). The van der Waals surface area contributed by atoms with Crippen molar-refractivity contribution in [2.45, 2.75) is 41.5 Å². The van der Waals surface area contributed by atoms with Crippen LogP contribution < -0.4 is 0 Å². The first-order valence-corrected chi connectivity index (χ1v) is 29.1. The third kappa shape index (κ3) is 14.5. The van der Waals surface area contributed by atoms with Gasteiger partial charge in [-0.2, -0.15) is 0 Å². The van der Waals surface area contributed by atoms with Crippen LogP contribution in [0.2, 0.25) is 0 Å². The van der Waals surface area contributed by atoms with Gasteiger partial charge in [0, 0.05) is 0 Å². The smallest absolute Gasteiger partial charge is 0.00268 e. The Hall–Kier alpha value is -10.1. The van der Waals surface area contributed by atoms with E-state index < -0.39 is 0 Å². The molecule has 0 aliphatic heterocycles. The monoisotopic (exact) mass is 1080 g/mol. The third-order valence-electron chi connectivity index (χ3n) is 15.2. The van der Waals surface area contributed by atoms with Crippen molar-refractivity contribution >= 4 is 33.4 Å². The molecular weight excluding hydrogens is 1010 g/mol. The lowest BCUT2D eigenvalue weighted by Crippen LogP contribution is -1.97. The zero-order chi connectivity index (χ0) is 58.0. The summed E-state index contributed by atoms with van der Waals surface area (Å²) in [5, 5.41) is 0. The van der Waals surface area contributed by atoms with Crippen LogP contribution in [0, 0.1) is 41.5 Å². The van der Waals surface area contributed by atoms with E-state index in [0.717, 1.165) is 0 Å². The van der Waals surface area contributed by atoms with Crippen molar-refractivity contribution < 1.29 is 0 Å². The first kappa shape index (κ1) is 57.1. The summed E-state index contributed by atoms with van der Waals surface area (Å²) in [6, 6.07) is 117. The predicted molar refractivity (Wildman–Crippen MR) is 361 cm³/mol. The SMILES string of the molecule is Cc1ccc(/C(=C(/c2ccccc2)c2ccc(C)cc2)c2ccccc2)cc1.Cc1ccc(/C(=C(/c2ccccc2)c2ccc(C)cc2)c2ccccc2)cc1.Cc1ccc(/C(=C(/c2ccccc2)c2ccc(C)cc2)c2ccccc2)cc1. The van der Waals surface area contributed by atoms with E-state index in [1.807, 2.05) is 0 Å². The molecule has 0 heterocycles. The maximum Gasteiger partial charge on any atom is -0.00268 e. The van der Waals surface area contributed by atoms with E-state index in [4.69, 9.17) is 0 Å². The van der Waals surface area contributed by atoms with Gasteiger partial charge in [0.15, 0.2) is 0 Å². The Labute approximate surface area is 499 Å². The molecule has 0 aromatic heterocycles. The highest BCUT2D eigenvalue weighted by Crippen LogP contribution is 2.40. The van der Waals surface area contributed by atoms with Gasteiger partial charge in [0.1, 0.15) is 0 Å². The average Bonchev–Trinajstić information content (AvgIpc) is 3.37. The van der Waals surface area contributed by atoms with E-state index in [2.05, 4.69) is 369 Å². The van der Waals surface area contributed by atoms with E-state index in [1.165, 1.54) is 134 Å². The highest BCUT2D eigenvalue weighted by atomic mass is 14.2. The van der Waals surface area contributed by atoms with Crippen molar-refractivity contribution in [2.75, 3.05) is 0 Å². The van der Waals surface area contributed by atoms with Gasteiger partial charge < -0.3 is 0 Å². The van der Waals surface area contributed by atoms with Gasteiger partial charge in [-0.1, -0.05) is 361 Å². The minimum absolute atomic E-state index is 1.23. The summed E-state index contributed by atoms with van der Waals surface area (Å²) >= 11 is 0. The number of hydrogen-bond acceptors (Lipinski definition) is 0. The summed E-state index contributed by atoms with van der Waals surface area (Å²) in [7, 11) is 0. The topological polar surface area (TPSA) is 0 Å². The Balaban J connectivity index is 0.000000140. The summed E-state index contributed by atoms with van der Waals surface area (Å²) in [4.78, 5) is 0. The number of aryl methyl sites for hydroxylation is 6. The second-order valence-electron chi connectivity index (χ2n) is 21.6. The molecular formula is C84H72. The third-order valence-corrected chi connectivity index (χ3v) is 15.2. The van der Waals surface area contributed by atoms with E-state index in [-0.39, 0.29) is 0 Å². The van der Waals surface area contributed by atoms with Crippen LogP contribution in [0.3, 0.4) is 0 Å². The van der Waals surface area contributed by atoms with Crippen LogP contribution >= 0.6 is 0 Å². The normalized spacial score (nSPS) is 11.8. The van der Waals surface area contributed by atoms with Crippen molar-refractivity contribution in [3.8, 4) is 0 Å². The van der Waals surface area contributed by atoms with E-state index >= 15 is 0 Å². The Morgan fingerprint density at radius 3 is 0.321 bits per heavy atom. The molecule has 12 aromatic rings. The van der Waals surface area contributed by atoms with Crippen LogP contribution in [0.5, 0.6) is 0 Å². The summed E-state index contributed by atoms with van der Waals surface area (Å²) < 4.78 is 0. The Morgan fingerprint density at radius 2 is 0.214 bits per heavy atom. The Morgan fingerprint density at radius 1 is 0.119 bits per heavy atom. The molecule has 0 saturated carbocycles. The van der Waals surface area contributed by atoms with Crippen LogP contribution in [-0.2, 0) is 0 Å². The maximum atomic E-state index is 2.23. The largest absolute Gasteiger partial charge is 0.0622 e. The molecule has 408 valence electrons. The fraction of sp³-hybridized carbons (Fsp3) is 0.0714. The fourth-order valence-electron chi connectivity index (χ4n) is 10.7. The maximum absolute atomic E-state index is 2.23. The van der Waals surface area contributed by atoms with Gasteiger partial charge in [-0.05, 0) is 142 Å². The first-order chi connectivity index (χ1) is 41.2. The first-order valence-electron chi connectivity index (χ1n) is 29.1. The van der Waals surface area contributed by atoms with E-state index in [9.17, 15) is 0 Å². The standard InChI is InChI=1S/3C28H24/c3*1-21-13-17-25(18-14-21)27(23-9-5-3-6-10-23)28(24-11-7-4-8-12-24)26-19-15-22(2)16-20-26/h3*3-20H,1-2H3/b3*28-27-. The van der Waals surface area contributed by atoms with Crippen molar-refractivity contribution in [2.24, 2.45) is 0 Å². The van der Waals surface area contributed by atoms with Crippen LogP contribution in [0.25, 0.3) is 33.4 Å². The zero-order valence-corrected chi connectivity index (χ0v) is 49.2. The molecule has 0 aliphatic rings. The highest BCUT2D eigenvalue weighted by Gasteiger charge is 2.19. The second kappa shape index (κ2) is 28.0. The lowest BCUT2D eigenvalue weighted by Gasteiger charge is -2.18.